The Labute approximate surface area is 178 Å². The van der Waals surface area contributed by atoms with Crippen molar-refractivity contribution < 1.29 is 34.0 Å². The molecule has 31 heavy (non-hydrogen) atoms. The van der Waals surface area contributed by atoms with E-state index in [-0.39, 0.29) is 10.8 Å². The van der Waals surface area contributed by atoms with Crippen molar-refractivity contribution in [3.8, 4) is 0 Å². The number of thiazole rings is 1. The Balaban J connectivity index is 2.36. The second-order valence-corrected chi connectivity index (χ2v) is 7.31. The number of esters is 1. The van der Waals surface area contributed by atoms with Gasteiger partial charge < -0.3 is 9.94 Å². The summed E-state index contributed by atoms with van der Waals surface area (Å²) >= 11 is 0.862. The standard InChI is InChI=1S/C18H16N4O8S/c1-8(2)6-11(23)13(14(21-27)17(26)30-3)15(24)16(25)20-18-19-10-5-4-9(22(28)29)7-12(10)31-18/h4-7,13,27H,1-3H3,(H,19,20,25)/b21-14-. The highest BCUT2D eigenvalue weighted by Crippen LogP contribution is 2.29. The summed E-state index contributed by atoms with van der Waals surface area (Å²) in [4.78, 5) is 63.8. The van der Waals surface area contributed by atoms with Crippen LogP contribution in [0.25, 0.3) is 10.2 Å². The minimum Gasteiger partial charge on any atom is -0.464 e. The molecule has 2 N–H and O–H groups in total. The van der Waals surface area contributed by atoms with E-state index in [1.54, 1.807) is 13.8 Å². The number of fused-ring (bicyclic) bond motifs is 1. The molecule has 1 aromatic heterocycles. The van der Waals surface area contributed by atoms with Gasteiger partial charge in [0.25, 0.3) is 11.6 Å². The van der Waals surface area contributed by atoms with Crippen LogP contribution in [0.5, 0.6) is 0 Å². The Hall–Kier alpha value is -4.00. The second-order valence-electron chi connectivity index (χ2n) is 6.28. The van der Waals surface area contributed by atoms with Crippen LogP contribution in [0.15, 0.2) is 35.0 Å². The maximum Gasteiger partial charge on any atom is 0.357 e. The fraction of sp³-hybridized carbons (Fsp3) is 0.222. The van der Waals surface area contributed by atoms with Gasteiger partial charge in [0.15, 0.2) is 16.6 Å². The summed E-state index contributed by atoms with van der Waals surface area (Å²) < 4.78 is 4.78. The molecule has 1 aromatic carbocycles. The van der Waals surface area contributed by atoms with Gasteiger partial charge in [-0.3, -0.25) is 29.8 Å². The lowest BCUT2D eigenvalue weighted by atomic mass is 9.91. The molecule has 1 atom stereocenters. The number of amides is 1. The molecule has 162 valence electrons. The third-order valence-corrected chi connectivity index (χ3v) is 4.71. The number of nitro benzene ring substituents is 1. The van der Waals surface area contributed by atoms with Crippen LogP contribution in [0.1, 0.15) is 13.8 Å². The largest absolute Gasteiger partial charge is 0.464 e. The summed E-state index contributed by atoms with van der Waals surface area (Å²) in [5.74, 6) is -6.96. The van der Waals surface area contributed by atoms with Crippen LogP contribution in [0.4, 0.5) is 10.8 Å². The quantitative estimate of drug-likeness (QED) is 0.0891. The highest BCUT2D eigenvalue weighted by Gasteiger charge is 2.39. The molecule has 1 heterocycles. The molecule has 2 aromatic rings. The lowest BCUT2D eigenvalue weighted by molar-refractivity contribution is -0.384. The zero-order valence-corrected chi connectivity index (χ0v) is 17.3. The van der Waals surface area contributed by atoms with E-state index in [0.717, 1.165) is 24.5 Å². The number of hydrogen-bond donors (Lipinski definition) is 2. The number of oxime groups is 1. The number of non-ortho nitro benzene ring substituents is 1. The van der Waals surface area contributed by atoms with Crippen LogP contribution in [0, 0.1) is 16.0 Å². The molecule has 0 aliphatic rings. The van der Waals surface area contributed by atoms with Crippen LogP contribution in [0.2, 0.25) is 0 Å². The van der Waals surface area contributed by atoms with Gasteiger partial charge in [0.1, 0.15) is 5.92 Å². The SMILES string of the molecule is COC(=O)/C(=N\O)C(C(=O)C=C(C)C)C(=O)C(=O)Nc1nc2ccc([N+](=O)[O-])cc2s1. The van der Waals surface area contributed by atoms with Gasteiger partial charge in [-0.25, -0.2) is 9.78 Å². The molecular weight excluding hydrogens is 432 g/mol. The smallest absolute Gasteiger partial charge is 0.357 e. The van der Waals surface area contributed by atoms with Gasteiger partial charge in [0.2, 0.25) is 5.78 Å². The molecule has 0 bridgehead atoms. The molecule has 0 aliphatic heterocycles. The Bertz CT molecular complexity index is 1150. The minimum absolute atomic E-state index is 0.0668. The first kappa shape index (κ1) is 23.3. The van der Waals surface area contributed by atoms with E-state index >= 15 is 0 Å². The van der Waals surface area contributed by atoms with Gasteiger partial charge >= 0.3 is 5.97 Å². The normalized spacial score (nSPS) is 12.0. The lowest BCUT2D eigenvalue weighted by Crippen LogP contribution is -2.42. The number of aromatic nitrogens is 1. The zero-order chi connectivity index (χ0) is 23.3. The molecule has 0 saturated carbocycles. The van der Waals surface area contributed by atoms with Crippen LogP contribution >= 0.6 is 11.3 Å². The highest BCUT2D eigenvalue weighted by atomic mass is 32.1. The number of anilines is 1. The van der Waals surface area contributed by atoms with E-state index in [9.17, 15) is 29.3 Å². The number of nitrogens with one attached hydrogen (secondary N) is 1. The average molecular weight is 448 g/mol. The number of carbonyl (C=O) groups excluding carboxylic acids is 4. The first-order chi connectivity index (χ1) is 14.6. The molecule has 0 saturated heterocycles. The van der Waals surface area contributed by atoms with Crippen LogP contribution in [0.3, 0.4) is 0 Å². The number of methoxy groups -OCH3 is 1. The molecule has 13 heteroatoms. The van der Waals surface area contributed by atoms with E-state index in [4.69, 9.17) is 5.21 Å². The van der Waals surface area contributed by atoms with Crippen molar-refractivity contribution >= 4 is 61.5 Å². The van der Waals surface area contributed by atoms with E-state index in [2.05, 4.69) is 20.2 Å². The Morgan fingerprint density at radius 1 is 1.32 bits per heavy atom. The number of nitro groups is 1. The number of carbonyl (C=O) groups is 4. The molecule has 0 aliphatic carbocycles. The maximum atomic E-state index is 12.7. The number of ether oxygens (including phenoxy) is 1. The molecule has 0 fully saturated rings. The third-order valence-electron chi connectivity index (χ3n) is 3.78. The first-order valence-electron chi connectivity index (χ1n) is 8.48. The summed E-state index contributed by atoms with van der Waals surface area (Å²) in [6.45, 7) is 3.10. The summed E-state index contributed by atoms with van der Waals surface area (Å²) in [6.07, 6.45) is 1.01. The predicted octanol–water partition coefficient (Wildman–Crippen LogP) is 1.87. The number of benzene rings is 1. The van der Waals surface area contributed by atoms with Gasteiger partial charge in [-0.05, 0) is 26.0 Å². The van der Waals surface area contributed by atoms with E-state index in [0.29, 0.717) is 15.8 Å². The van der Waals surface area contributed by atoms with Crippen molar-refractivity contribution in [2.75, 3.05) is 12.4 Å². The van der Waals surface area contributed by atoms with Crippen molar-refractivity contribution in [3.63, 3.8) is 0 Å². The molecule has 1 unspecified atom stereocenters. The predicted molar refractivity (Wildman–Crippen MR) is 109 cm³/mol. The number of ketones is 2. The molecule has 0 radical (unpaired) electrons. The van der Waals surface area contributed by atoms with Gasteiger partial charge in [-0.1, -0.05) is 22.1 Å². The highest BCUT2D eigenvalue weighted by molar-refractivity contribution is 7.22. The van der Waals surface area contributed by atoms with E-state index < -0.39 is 40.0 Å². The molecule has 0 spiro atoms. The van der Waals surface area contributed by atoms with E-state index in [1.807, 2.05) is 0 Å². The number of allylic oxidation sites excluding steroid dienone is 2. The number of hydrogen-bond acceptors (Lipinski definition) is 11. The second kappa shape index (κ2) is 9.67. The number of rotatable bonds is 8. The summed E-state index contributed by atoms with van der Waals surface area (Å²) in [6, 6.07) is 3.85. The monoisotopic (exact) mass is 448 g/mol. The van der Waals surface area contributed by atoms with Crippen LogP contribution in [-0.4, -0.2) is 51.4 Å². The molecule has 1 amide bonds. The summed E-state index contributed by atoms with van der Waals surface area (Å²) in [7, 11) is 0.945. The van der Waals surface area contributed by atoms with Gasteiger partial charge in [0, 0.05) is 12.1 Å². The van der Waals surface area contributed by atoms with Gasteiger partial charge in [-0.2, -0.15) is 0 Å². The van der Waals surface area contributed by atoms with Crippen molar-refractivity contribution in [3.05, 3.63) is 40.0 Å². The molecular formula is C18H16N4O8S. The first-order valence-corrected chi connectivity index (χ1v) is 9.29. The Morgan fingerprint density at radius 3 is 2.55 bits per heavy atom. The zero-order valence-electron chi connectivity index (χ0n) is 16.4. The fourth-order valence-corrected chi connectivity index (χ4v) is 3.34. The van der Waals surface area contributed by atoms with Crippen LogP contribution < -0.4 is 5.32 Å². The summed E-state index contributed by atoms with van der Waals surface area (Å²) in [5, 5.41) is 24.8. The van der Waals surface area contributed by atoms with Gasteiger partial charge in [-0.15, -0.1) is 0 Å². The Morgan fingerprint density at radius 2 is 2.00 bits per heavy atom. The maximum absolute atomic E-state index is 12.7. The molecule has 12 nitrogen and oxygen atoms in total. The number of nitrogens with zero attached hydrogens (tertiary/aromatic N) is 3. The van der Waals surface area contributed by atoms with Crippen molar-refractivity contribution in [1.29, 1.82) is 0 Å². The van der Waals surface area contributed by atoms with Crippen molar-refractivity contribution in [1.82, 2.24) is 4.98 Å². The summed E-state index contributed by atoms with van der Waals surface area (Å²) in [5.41, 5.74) is -0.328. The topological polar surface area (TPSA) is 178 Å². The Kier molecular flexibility index (Phi) is 7.26. The van der Waals surface area contributed by atoms with Crippen molar-refractivity contribution in [2.45, 2.75) is 13.8 Å². The van der Waals surface area contributed by atoms with Gasteiger partial charge in [0.05, 0.1) is 22.2 Å². The van der Waals surface area contributed by atoms with Crippen molar-refractivity contribution in [2.24, 2.45) is 11.1 Å². The molecule has 2 rings (SSSR count). The number of Topliss-reactive ketones (excluding diaryl/α,β-unsaturated/α-hetero) is 1. The minimum atomic E-state index is -2.04. The average Bonchev–Trinajstić information content (AvgIpc) is 3.11. The van der Waals surface area contributed by atoms with E-state index in [1.165, 1.54) is 18.2 Å². The lowest BCUT2D eigenvalue weighted by Gasteiger charge is -2.12. The third kappa shape index (κ3) is 5.33. The van der Waals surface area contributed by atoms with Crippen LogP contribution in [-0.2, 0) is 23.9 Å². The fourth-order valence-electron chi connectivity index (χ4n) is 2.45.